The van der Waals surface area contributed by atoms with Gasteiger partial charge in [0, 0.05) is 26.1 Å². The minimum Gasteiger partial charge on any atom is -0.481 e. The van der Waals surface area contributed by atoms with Crippen LogP contribution < -0.4 is 0 Å². The highest BCUT2D eigenvalue weighted by Gasteiger charge is 2.35. The largest absolute Gasteiger partial charge is 0.481 e. The monoisotopic (exact) mass is 316 g/mol. The van der Waals surface area contributed by atoms with Crippen molar-refractivity contribution >= 4 is 16.0 Å². The van der Waals surface area contributed by atoms with Gasteiger partial charge in [-0.2, -0.15) is 4.31 Å². The molecule has 1 aromatic rings. The SMILES string of the molecule is Cn1nncc1S(=O)(=O)N1CCCCC1CCCC(=O)O. The number of rotatable bonds is 6. The van der Waals surface area contributed by atoms with Crippen LogP contribution in [0.2, 0.25) is 0 Å². The van der Waals surface area contributed by atoms with Crippen LogP contribution in [0.3, 0.4) is 0 Å². The van der Waals surface area contributed by atoms with Gasteiger partial charge in [0.05, 0.1) is 6.20 Å². The van der Waals surface area contributed by atoms with Gasteiger partial charge in [0.25, 0.3) is 10.0 Å². The zero-order valence-electron chi connectivity index (χ0n) is 12.0. The van der Waals surface area contributed by atoms with E-state index >= 15 is 0 Å². The van der Waals surface area contributed by atoms with Crippen LogP contribution in [-0.2, 0) is 21.9 Å². The van der Waals surface area contributed by atoms with Gasteiger partial charge >= 0.3 is 5.97 Å². The predicted molar refractivity (Wildman–Crippen MR) is 74.0 cm³/mol. The van der Waals surface area contributed by atoms with Crippen molar-refractivity contribution in [3.05, 3.63) is 6.20 Å². The molecule has 0 spiro atoms. The first-order valence-corrected chi connectivity index (χ1v) is 8.45. The molecule has 2 heterocycles. The lowest BCUT2D eigenvalue weighted by Gasteiger charge is -2.34. The van der Waals surface area contributed by atoms with E-state index in [9.17, 15) is 13.2 Å². The molecule has 1 unspecified atom stereocenters. The number of carbonyl (C=O) groups is 1. The third kappa shape index (κ3) is 3.59. The van der Waals surface area contributed by atoms with Gasteiger partial charge in [-0.1, -0.05) is 11.6 Å². The molecule has 1 aromatic heterocycles. The first kappa shape index (κ1) is 15.9. The van der Waals surface area contributed by atoms with Crippen molar-refractivity contribution in [1.29, 1.82) is 0 Å². The van der Waals surface area contributed by atoms with Crippen LogP contribution in [0.1, 0.15) is 38.5 Å². The van der Waals surface area contributed by atoms with Gasteiger partial charge in [0.15, 0.2) is 5.03 Å². The number of carboxylic acids is 1. The zero-order valence-corrected chi connectivity index (χ0v) is 12.8. The molecule has 0 aromatic carbocycles. The maximum absolute atomic E-state index is 12.7. The summed E-state index contributed by atoms with van der Waals surface area (Å²) < 4.78 is 28.1. The average molecular weight is 316 g/mol. The van der Waals surface area contributed by atoms with E-state index in [1.807, 2.05) is 0 Å². The molecule has 0 saturated carbocycles. The van der Waals surface area contributed by atoms with Crippen LogP contribution in [0.4, 0.5) is 0 Å². The fourth-order valence-corrected chi connectivity index (χ4v) is 4.47. The van der Waals surface area contributed by atoms with Gasteiger partial charge in [0.2, 0.25) is 0 Å². The third-order valence-electron chi connectivity index (χ3n) is 3.75. The van der Waals surface area contributed by atoms with Crippen molar-refractivity contribution in [3.8, 4) is 0 Å². The van der Waals surface area contributed by atoms with E-state index in [1.165, 1.54) is 15.2 Å². The fourth-order valence-electron chi connectivity index (χ4n) is 2.70. The topological polar surface area (TPSA) is 105 Å². The molecule has 1 fully saturated rings. The molecule has 1 atom stereocenters. The number of carboxylic acid groups (broad SMARTS) is 1. The average Bonchev–Trinajstić information content (AvgIpc) is 2.86. The Morgan fingerprint density at radius 2 is 2.24 bits per heavy atom. The van der Waals surface area contributed by atoms with Gasteiger partial charge < -0.3 is 5.11 Å². The summed E-state index contributed by atoms with van der Waals surface area (Å²) in [4.78, 5) is 10.6. The van der Waals surface area contributed by atoms with Crippen molar-refractivity contribution in [2.24, 2.45) is 7.05 Å². The van der Waals surface area contributed by atoms with Crippen LogP contribution in [0.15, 0.2) is 11.2 Å². The molecule has 118 valence electrons. The number of nitrogens with zero attached hydrogens (tertiary/aromatic N) is 4. The molecular formula is C12H20N4O4S. The minimum atomic E-state index is -3.63. The molecule has 8 nitrogen and oxygen atoms in total. The van der Waals surface area contributed by atoms with Crippen molar-refractivity contribution in [2.75, 3.05) is 6.54 Å². The first-order chi connectivity index (χ1) is 9.93. The van der Waals surface area contributed by atoms with Crippen molar-refractivity contribution in [2.45, 2.75) is 49.6 Å². The van der Waals surface area contributed by atoms with Crippen molar-refractivity contribution in [1.82, 2.24) is 19.3 Å². The normalized spacial score (nSPS) is 20.5. The van der Waals surface area contributed by atoms with Crippen LogP contribution >= 0.6 is 0 Å². The van der Waals surface area contributed by atoms with Gasteiger partial charge in [-0.15, -0.1) is 5.10 Å². The Kier molecular flexibility index (Phi) is 4.94. The molecule has 1 aliphatic heterocycles. The second-order valence-corrected chi connectivity index (χ2v) is 7.08. The van der Waals surface area contributed by atoms with E-state index in [0.29, 0.717) is 19.4 Å². The molecule has 0 aliphatic carbocycles. The van der Waals surface area contributed by atoms with Crippen LogP contribution in [0, 0.1) is 0 Å². The molecule has 21 heavy (non-hydrogen) atoms. The summed E-state index contributed by atoms with van der Waals surface area (Å²) in [6, 6.07) is -0.141. The van der Waals surface area contributed by atoms with E-state index in [-0.39, 0.29) is 17.5 Å². The summed E-state index contributed by atoms with van der Waals surface area (Å²) in [6.07, 6.45) is 4.92. The molecule has 1 saturated heterocycles. The summed E-state index contributed by atoms with van der Waals surface area (Å²) in [7, 11) is -2.08. The maximum Gasteiger partial charge on any atom is 0.303 e. The van der Waals surface area contributed by atoms with E-state index in [2.05, 4.69) is 10.3 Å². The second kappa shape index (κ2) is 6.52. The number of piperidine rings is 1. The Balaban J connectivity index is 2.14. The highest BCUT2D eigenvalue weighted by Crippen LogP contribution is 2.27. The van der Waals surface area contributed by atoms with Gasteiger partial charge in [0.1, 0.15) is 0 Å². The lowest BCUT2D eigenvalue weighted by Crippen LogP contribution is -2.44. The summed E-state index contributed by atoms with van der Waals surface area (Å²) in [5.41, 5.74) is 0. The summed E-state index contributed by atoms with van der Waals surface area (Å²) >= 11 is 0. The number of aliphatic carboxylic acids is 1. The number of hydrogen-bond donors (Lipinski definition) is 1. The smallest absolute Gasteiger partial charge is 0.303 e. The predicted octanol–water partition coefficient (Wildman–Crippen LogP) is 0.613. The Hall–Kier alpha value is -1.48. The number of aryl methyl sites for hydroxylation is 1. The highest BCUT2D eigenvalue weighted by molar-refractivity contribution is 7.89. The van der Waals surface area contributed by atoms with E-state index in [0.717, 1.165) is 19.3 Å². The Morgan fingerprint density at radius 3 is 2.86 bits per heavy atom. The molecule has 0 amide bonds. The fraction of sp³-hybridized carbons (Fsp3) is 0.750. The van der Waals surface area contributed by atoms with Gasteiger partial charge in [-0.3, -0.25) is 4.79 Å². The van der Waals surface area contributed by atoms with Crippen molar-refractivity contribution in [3.63, 3.8) is 0 Å². The van der Waals surface area contributed by atoms with E-state index < -0.39 is 16.0 Å². The van der Waals surface area contributed by atoms with Crippen molar-refractivity contribution < 1.29 is 18.3 Å². The van der Waals surface area contributed by atoms with Crippen LogP contribution in [-0.4, -0.2) is 51.4 Å². The number of aromatic nitrogens is 3. The standard InChI is InChI=1S/C12H20N4O4S/c1-15-11(9-13-14-15)21(19,20)16-8-3-2-5-10(16)6-4-7-12(17)18/h9-10H,2-8H2,1H3,(H,17,18). The molecule has 0 bridgehead atoms. The lowest BCUT2D eigenvalue weighted by molar-refractivity contribution is -0.137. The third-order valence-corrected chi connectivity index (χ3v) is 5.74. The van der Waals surface area contributed by atoms with Crippen LogP contribution in [0.5, 0.6) is 0 Å². The number of hydrogen-bond acceptors (Lipinski definition) is 5. The van der Waals surface area contributed by atoms with Gasteiger partial charge in [-0.05, 0) is 25.7 Å². The molecule has 0 radical (unpaired) electrons. The summed E-state index contributed by atoms with van der Waals surface area (Å²) in [5.74, 6) is -0.851. The maximum atomic E-state index is 12.7. The molecule has 1 aliphatic rings. The quantitative estimate of drug-likeness (QED) is 0.824. The Morgan fingerprint density at radius 1 is 1.48 bits per heavy atom. The van der Waals surface area contributed by atoms with E-state index in [4.69, 9.17) is 5.11 Å². The van der Waals surface area contributed by atoms with E-state index in [1.54, 1.807) is 7.05 Å². The van der Waals surface area contributed by atoms with Crippen LogP contribution in [0.25, 0.3) is 0 Å². The summed E-state index contributed by atoms with van der Waals surface area (Å²) in [6.45, 7) is 0.464. The Labute approximate surface area is 123 Å². The highest BCUT2D eigenvalue weighted by atomic mass is 32.2. The molecule has 2 rings (SSSR count). The lowest BCUT2D eigenvalue weighted by atomic mass is 10.00. The Bertz CT molecular complexity index is 598. The zero-order chi connectivity index (χ0) is 15.5. The first-order valence-electron chi connectivity index (χ1n) is 7.01. The molecule has 9 heteroatoms. The molecular weight excluding hydrogens is 296 g/mol. The number of sulfonamides is 1. The summed E-state index contributed by atoms with van der Waals surface area (Å²) in [5, 5.41) is 16.1. The molecule has 1 N–H and O–H groups in total. The van der Waals surface area contributed by atoms with Gasteiger partial charge in [-0.25, -0.2) is 13.1 Å². The minimum absolute atomic E-state index is 0.0671. The second-order valence-electron chi connectivity index (χ2n) is 5.25.